The van der Waals surface area contributed by atoms with Crippen molar-refractivity contribution < 1.29 is 19.5 Å². The molecule has 0 aromatic heterocycles. The number of benzene rings is 1. The van der Waals surface area contributed by atoms with Crippen LogP contribution >= 0.6 is 11.8 Å². The van der Waals surface area contributed by atoms with Gasteiger partial charge in [-0.2, -0.15) is 0 Å². The van der Waals surface area contributed by atoms with Gasteiger partial charge in [0.25, 0.3) is 0 Å². The Morgan fingerprint density at radius 3 is 2.52 bits per heavy atom. The fraction of sp³-hybridized carbons (Fsp3) is 0.609. The normalized spacial score (nSPS) is 34.7. The van der Waals surface area contributed by atoms with E-state index in [0.29, 0.717) is 5.69 Å². The van der Waals surface area contributed by atoms with Gasteiger partial charge in [0.1, 0.15) is 6.04 Å². The Labute approximate surface area is 187 Å². The molecule has 0 saturated carbocycles. The maximum absolute atomic E-state index is 13.7. The third-order valence-corrected chi connectivity index (χ3v) is 9.02. The number of anilines is 1. The van der Waals surface area contributed by atoms with E-state index in [1.54, 1.807) is 23.6 Å². The van der Waals surface area contributed by atoms with E-state index in [0.717, 1.165) is 6.42 Å². The van der Waals surface area contributed by atoms with Crippen molar-refractivity contribution in [2.75, 3.05) is 11.9 Å². The average molecular weight is 446 g/mol. The van der Waals surface area contributed by atoms with Gasteiger partial charge in [0, 0.05) is 17.0 Å². The topological polar surface area (TPSA) is 98.7 Å². The van der Waals surface area contributed by atoms with Crippen LogP contribution in [0.5, 0.6) is 0 Å². The Balaban J connectivity index is 1.73. The second kappa shape index (κ2) is 8.13. The number of aliphatic hydroxyl groups is 1. The van der Waals surface area contributed by atoms with E-state index in [-0.39, 0.29) is 41.5 Å². The monoisotopic (exact) mass is 445 g/mol. The lowest BCUT2D eigenvalue weighted by Crippen LogP contribution is -2.58. The lowest BCUT2D eigenvalue weighted by molar-refractivity contribution is -0.141. The van der Waals surface area contributed by atoms with Gasteiger partial charge in [-0.15, -0.1) is 11.8 Å². The van der Waals surface area contributed by atoms with Gasteiger partial charge in [-0.1, -0.05) is 25.1 Å². The zero-order valence-corrected chi connectivity index (χ0v) is 19.2. The Hall–Kier alpha value is -2.06. The highest BCUT2D eigenvalue weighted by atomic mass is 32.2. The summed E-state index contributed by atoms with van der Waals surface area (Å²) < 4.78 is -0.664. The van der Waals surface area contributed by atoms with E-state index in [1.807, 2.05) is 44.2 Å². The molecule has 3 N–H and O–H groups in total. The molecule has 0 radical (unpaired) electrons. The summed E-state index contributed by atoms with van der Waals surface area (Å²) in [4.78, 5) is 42.0. The van der Waals surface area contributed by atoms with Crippen molar-refractivity contribution in [3.63, 3.8) is 0 Å². The summed E-state index contributed by atoms with van der Waals surface area (Å²) in [6.45, 7) is 7.39. The van der Waals surface area contributed by atoms with E-state index in [9.17, 15) is 19.5 Å². The van der Waals surface area contributed by atoms with Crippen LogP contribution in [-0.4, -0.2) is 62.5 Å². The molecule has 3 aliphatic heterocycles. The fourth-order valence-corrected chi connectivity index (χ4v) is 8.14. The molecule has 2 bridgehead atoms. The molecule has 4 rings (SSSR count). The highest BCUT2D eigenvalue weighted by Gasteiger charge is 2.76. The van der Waals surface area contributed by atoms with E-state index in [4.69, 9.17) is 0 Å². The molecule has 0 aliphatic carbocycles. The maximum atomic E-state index is 13.7. The van der Waals surface area contributed by atoms with Crippen LogP contribution in [0.3, 0.4) is 0 Å². The summed E-state index contributed by atoms with van der Waals surface area (Å²) in [5.41, 5.74) is 0.697. The Bertz CT molecular complexity index is 879. The van der Waals surface area contributed by atoms with Gasteiger partial charge in [0.05, 0.1) is 29.2 Å². The summed E-state index contributed by atoms with van der Waals surface area (Å²) in [7, 11) is 0. The lowest BCUT2D eigenvalue weighted by Gasteiger charge is -2.39. The molecule has 7 atom stereocenters. The van der Waals surface area contributed by atoms with Crippen molar-refractivity contribution in [2.45, 2.75) is 62.2 Å². The Morgan fingerprint density at radius 2 is 1.90 bits per heavy atom. The molecule has 3 unspecified atom stereocenters. The smallest absolute Gasteiger partial charge is 0.244 e. The molecule has 7 nitrogen and oxygen atoms in total. The van der Waals surface area contributed by atoms with Crippen molar-refractivity contribution in [3.05, 3.63) is 30.3 Å². The fourth-order valence-electron chi connectivity index (χ4n) is 5.73. The molecule has 3 saturated heterocycles. The SMILES string of the molecule is CC(C)NC(=O)C1N([C@H](C)CO)C(=O)[C@@H]2[C@@H](C(=O)Nc3ccccc3)[C@H]3CC(C)C12S3. The van der Waals surface area contributed by atoms with Gasteiger partial charge in [-0.3, -0.25) is 14.4 Å². The van der Waals surface area contributed by atoms with Crippen LogP contribution in [0.25, 0.3) is 0 Å². The number of nitrogens with one attached hydrogen (secondary N) is 2. The summed E-state index contributed by atoms with van der Waals surface area (Å²) in [5, 5.41) is 15.8. The number of carbonyl (C=O) groups is 3. The van der Waals surface area contributed by atoms with Crippen molar-refractivity contribution in [2.24, 2.45) is 17.8 Å². The zero-order valence-electron chi connectivity index (χ0n) is 18.4. The molecule has 8 heteroatoms. The standard InChI is InChI=1S/C23H31N3O4S/c1-12(2)24-21(29)19-23-13(3)10-16(31-23)17(18(23)22(30)26(19)14(4)11-27)20(28)25-15-8-6-5-7-9-15/h5-9,12-14,16-19,27H,10-11H2,1-4H3,(H,24,29)(H,25,28)/t13?,14-,16-,17+,18+,19?,23?/m1/s1. The molecule has 3 aliphatic rings. The van der Waals surface area contributed by atoms with Crippen LogP contribution in [0.4, 0.5) is 5.69 Å². The highest BCUT2D eigenvalue weighted by molar-refractivity contribution is 8.02. The number of hydrogen-bond donors (Lipinski definition) is 3. The van der Waals surface area contributed by atoms with Crippen molar-refractivity contribution in [1.82, 2.24) is 10.2 Å². The van der Waals surface area contributed by atoms with Gasteiger partial charge in [-0.25, -0.2) is 0 Å². The summed E-state index contributed by atoms with van der Waals surface area (Å²) in [6.07, 6.45) is 0.786. The molecule has 3 heterocycles. The molecular formula is C23H31N3O4S. The van der Waals surface area contributed by atoms with Crippen LogP contribution in [0.15, 0.2) is 30.3 Å². The molecule has 31 heavy (non-hydrogen) atoms. The number of para-hydroxylation sites is 1. The molecule has 3 fully saturated rings. The third-order valence-electron chi connectivity index (χ3n) is 6.95. The van der Waals surface area contributed by atoms with Crippen molar-refractivity contribution in [1.29, 1.82) is 0 Å². The van der Waals surface area contributed by atoms with Gasteiger partial charge in [0.15, 0.2) is 0 Å². The van der Waals surface area contributed by atoms with Crippen molar-refractivity contribution in [3.8, 4) is 0 Å². The predicted molar refractivity (Wildman–Crippen MR) is 120 cm³/mol. The number of thioether (sulfide) groups is 1. The van der Waals surface area contributed by atoms with Crippen LogP contribution in [0.1, 0.15) is 34.1 Å². The zero-order chi connectivity index (χ0) is 22.5. The second-order valence-corrected chi connectivity index (χ2v) is 10.9. The van der Waals surface area contributed by atoms with Crippen molar-refractivity contribution >= 4 is 35.2 Å². The van der Waals surface area contributed by atoms with Crippen LogP contribution in [0.2, 0.25) is 0 Å². The highest BCUT2D eigenvalue weighted by Crippen LogP contribution is 2.68. The first-order chi connectivity index (χ1) is 14.7. The van der Waals surface area contributed by atoms with E-state index in [2.05, 4.69) is 17.6 Å². The first-order valence-corrected chi connectivity index (χ1v) is 11.9. The van der Waals surface area contributed by atoms with E-state index >= 15 is 0 Å². The molecule has 3 amide bonds. The van der Waals surface area contributed by atoms with E-state index in [1.165, 1.54) is 0 Å². The largest absolute Gasteiger partial charge is 0.394 e. The van der Waals surface area contributed by atoms with Gasteiger partial charge >= 0.3 is 0 Å². The first kappa shape index (κ1) is 22.1. The number of carbonyl (C=O) groups excluding carboxylic acids is 3. The Morgan fingerprint density at radius 1 is 1.23 bits per heavy atom. The number of hydrogen-bond acceptors (Lipinski definition) is 5. The average Bonchev–Trinajstić information content (AvgIpc) is 3.31. The van der Waals surface area contributed by atoms with E-state index < -0.39 is 28.7 Å². The second-order valence-electron chi connectivity index (χ2n) is 9.35. The number of fused-ring (bicyclic) bond motifs is 1. The minimum absolute atomic E-state index is 0.00593. The lowest BCUT2D eigenvalue weighted by atomic mass is 9.66. The van der Waals surface area contributed by atoms with Gasteiger partial charge in [0.2, 0.25) is 17.7 Å². The van der Waals surface area contributed by atoms with Crippen LogP contribution in [-0.2, 0) is 14.4 Å². The Kier molecular flexibility index (Phi) is 5.81. The number of likely N-dealkylation sites (tertiary alicyclic amines) is 1. The predicted octanol–water partition coefficient (Wildman–Crippen LogP) is 1.87. The van der Waals surface area contributed by atoms with Crippen LogP contribution in [0, 0.1) is 17.8 Å². The minimum Gasteiger partial charge on any atom is -0.394 e. The summed E-state index contributed by atoms with van der Waals surface area (Å²) >= 11 is 1.64. The minimum atomic E-state index is -0.700. The van der Waals surface area contributed by atoms with Crippen LogP contribution < -0.4 is 10.6 Å². The summed E-state index contributed by atoms with van der Waals surface area (Å²) in [6, 6.07) is 7.97. The molecule has 1 aromatic carbocycles. The summed E-state index contributed by atoms with van der Waals surface area (Å²) in [5.74, 6) is -1.53. The quantitative estimate of drug-likeness (QED) is 0.621. The number of rotatable bonds is 6. The molecule has 1 aromatic rings. The maximum Gasteiger partial charge on any atom is 0.244 e. The number of amides is 3. The molecular weight excluding hydrogens is 414 g/mol. The molecule has 1 spiro atoms. The third kappa shape index (κ3) is 3.35. The number of aliphatic hydroxyl groups excluding tert-OH is 1. The first-order valence-electron chi connectivity index (χ1n) is 11.0. The molecule has 168 valence electrons. The van der Waals surface area contributed by atoms with Gasteiger partial charge < -0.3 is 20.6 Å². The van der Waals surface area contributed by atoms with Gasteiger partial charge in [-0.05, 0) is 45.2 Å². The number of nitrogens with zero attached hydrogens (tertiary/aromatic N) is 1.